The minimum Gasteiger partial charge on any atom is -0.295 e. The van der Waals surface area contributed by atoms with E-state index in [2.05, 4.69) is 20.8 Å². The molecule has 1 heterocycles. The molecule has 0 saturated heterocycles. The molecular formula is C20H23FN2O. The first-order chi connectivity index (χ1) is 11.2. The first-order valence-electron chi connectivity index (χ1n) is 8.13. The van der Waals surface area contributed by atoms with Gasteiger partial charge >= 0.3 is 5.69 Å². The van der Waals surface area contributed by atoms with Gasteiger partial charge in [0.05, 0.1) is 11.0 Å². The number of imidazole rings is 1. The second kappa shape index (κ2) is 5.62. The maximum Gasteiger partial charge on any atom is 0.328 e. The molecule has 0 radical (unpaired) electrons. The molecule has 0 unspecified atom stereocenters. The van der Waals surface area contributed by atoms with E-state index < -0.39 is 0 Å². The van der Waals surface area contributed by atoms with Gasteiger partial charge in [-0.2, -0.15) is 0 Å². The number of fused-ring (bicyclic) bond motifs is 1. The van der Waals surface area contributed by atoms with Crippen LogP contribution in [0, 0.1) is 18.2 Å². The molecule has 0 fully saturated rings. The molecule has 3 rings (SSSR count). The first-order valence-corrected chi connectivity index (χ1v) is 8.13. The van der Waals surface area contributed by atoms with Crippen LogP contribution in [0.15, 0.2) is 41.2 Å². The lowest BCUT2D eigenvalue weighted by atomic mass is 9.96. The van der Waals surface area contributed by atoms with Crippen molar-refractivity contribution >= 4 is 11.0 Å². The summed E-state index contributed by atoms with van der Waals surface area (Å²) < 4.78 is 17.1. The molecule has 24 heavy (non-hydrogen) atoms. The molecule has 0 amide bonds. The lowest BCUT2D eigenvalue weighted by Gasteiger charge is -2.18. The van der Waals surface area contributed by atoms with Crippen LogP contribution in [-0.4, -0.2) is 9.13 Å². The summed E-state index contributed by atoms with van der Waals surface area (Å²) in [4.78, 5) is 12.6. The second-order valence-electron chi connectivity index (χ2n) is 7.65. The van der Waals surface area contributed by atoms with Crippen molar-refractivity contribution in [2.24, 2.45) is 12.5 Å². The SMILES string of the molecule is Cc1ccc(F)cc1-c1ccc2c(c1)n(C)c(=O)n2CC(C)(C)C. The van der Waals surface area contributed by atoms with E-state index in [4.69, 9.17) is 0 Å². The van der Waals surface area contributed by atoms with Gasteiger partial charge in [-0.25, -0.2) is 9.18 Å². The van der Waals surface area contributed by atoms with Gasteiger partial charge in [0.1, 0.15) is 5.82 Å². The Hall–Kier alpha value is -2.36. The molecular weight excluding hydrogens is 303 g/mol. The Morgan fingerprint density at radius 3 is 2.42 bits per heavy atom. The topological polar surface area (TPSA) is 26.9 Å². The minimum atomic E-state index is -0.255. The molecule has 0 saturated carbocycles. The first kappa shape index (κ1) is 16.5. The van der Waals surface area contributed by atoms with Gasteiger partial charge in [0.2, 0.25) is 0 Å². The summed E-state index contributed by atoms with van der Waals surface area (Å²) in [7, 11) is 1.78. The quantitative estimate of drug-likeness (QED) is 0.681. The Balaban J connectivity index is 2.21. The van der Waals surface area contributed by atoms with Crippen LogP contribution in [0.5, 0.6) is 0 Å². The highest BCUT2D eigenvalue weighted by molar-refractivity contribution is 5.83. The van der Waals surface area contributed by atoms with Crippen LogP contribution in [0.1, 0.15) is 26.3 Å². The van der Waals surface area contributed by atoms with Gasteiger partial charge in [0, 0.05) is 13.6 Å². The highest BCUT2D eigenvalue weighted by atomic mass is 19.1. The normalized spacial score (nSPS) is 12.1. The zero-order valence-electron chi connectivity index (χ0n) is 14.9. The molecule has 0 bridgehead atoms. The van der Waals surface area contributed by atoms with E-state index in [1.807, 2.05) is 29.7 Å². The third kappa shape index (κ3) is 2.88. The van der Waals surface area contributed by atoms with E-state index >= 15 is 0 Å². The summed E-state index contributed by atoms with van der Waals surface area (Å²) in [5.41, 5.74) is 4.55. The second-order valence-corrected chi connectivity index (χ2v) is 7.65. The van der Waals surface area contributed by atoms with Crippen molar-refractivity contribution in [3.8, 4) is 11.1 Å². The van der Waals surface area contributed by atoms with Gasteiger partial charge in [-0.15, -0.1) is 0 Å². The van der Waals surface area contributed by atoms with Crippen LogP contribution in [0.3, 0.4) is 0 Å². The molecule has 0 atom stereocenters. The summed E-state index contributed by atoms with van der Waals surface area (Å²) in [6.45, 7) is 8.96. The molecule has 0 spiro atoms. The van der Waals surface area contributed by atoms with Crippen LogP contribution < -0.4 is 5.69 Å². The number of hydrogen-bond acceptors (Lipinski definition) is 1. The number of aryl methyl sites for hydroxylation is 2. The van der Waals surface area contributed by atoms with Crippen LogP contribution >= 0.6 is 0 Å². The summed E-state index contributed by atoms with van der Waals surface area (Å²) >= 11 is 0. The largest absolute Gasteiger partial charge is 0.328 e. The van der Waals surface area contributed by atoms with Gasteiger partial charge < -0.3 is 0 Å². The number of rotatable bonds is 2. The Labute approximate surface area is 141 Å². The molecule has 2 aromatic carbocycles. The maximum atomic E-state index is 13.6. The molecule has 0 aliphatic rings. The van der Waals surface area contributed by atoms with Gasteiger partial charge in [-0.05, 0) is 53.3 Å². The monoisotopic (exact) mass is 326 g/mol. The lowest BCUT2D eigenvalue weighted by molar-refractivity contribution is 0.342. The van der Waals surface area contributed by atoms with Crippen molar-refractivity contribution in [2.45, 2.75) is 34.2 Å². The number of halogens is 1. The molecule has 0 N–H and O–H groups in total. The summed E-state index contributed by atoms with van der Waals surface area (Å²) in [5, 5.41) is 0. The van der Waals surface area contributed by atoms with E-state index in [1.54, 1.807) is 23.7 Å². The highest BCUT2D eigenvalue weighted by Gasteiger charge is 2.18. The summed E-state index contributed by atoms with van der Waals surface area (Å²) in [6, 6.07) is 10.7. The number of benzene rings is 2. The van der Waals surface area contributed by atoms with Gasteiger partial charge in [0.15, 0.2) is 0 Å². The Bertz CT molecular complexity index is 974. The van der Waals surface area contributed by atoms with Crippen molar-refractivity contribution in [1.29, 1.82) is 0 Å². The lowest BCUT2D eigenvalue weighted by Crippen LogP contribution is -2.27. The Kier molecular flexibility index (Phi) is 3.86. The highest BCUT2D eigenvalue weighted by Crippen LogP contribution is 2.28. The van der Waals surface area contributed by atoms with Crippen LogP contribution in [0.25, 0.3) is 22.2 Å². The summed E-state index contributed by atoms with van der Waals surface area (Å²) in [5.74, 6) is -0.255. The van der Waals surface area contributed by atoms with Crippen LogP contribution in [0.4, 0.5) is 4.39 Å². The fraction of sp³-hybridized carbons (Fsp3) is 0.350. The van der Waals surface area contributed by atoms with E-state index in [1.165, 1.54) is 6.07 Å². The van der Waals surface area contributed by atoms with E-state index in [-0.39, 0.29) is 16.9 Å². The number of aromatic nitrogens is 2. The van der Waals surface area contributed by atoms with Crippen molar-refractivity contribution in [2.75, 3.05) is 0 Å². The average molecular weight is 326 g/mol. The van der Waals surface area contributed by atoms with Gasteiger partial charge in [0.25, 0.3) is 0 Å². The Morgan fingerprint density at radius 2 is 1.75 bits per heavy atom. The van der Waals surface area contributed by atoms with E-state index in [9.17, 15) is 9.18 Å². The minimum absolute atomic E-state index is 0.00985. The molecule has 1 aromatic heterocycles. The third-order valence-electron chi connectivity index (χ3n) is 4.29. The van der Waals surface area contributed by atoms with Crippen molar-refractivity contribution in [3.63, 3.8) is 0 Å². The number of nitrogens with zero attached hydrogens (tertiary/aromatic N) is 2. The van der Waals surface area contributed by atoms with E-state index in [0.29, 0.717) is 6.54 Å². The predicted molar refractivity (Wildman–Crippen MR) is 96.8 cm³/mol. The third-order valence-corrected chi connectivity index (χ3v) is 4.29. The molecule has 126 valence electrons. The van der Waals surface area contributed by atoms with Gasteiger partial charge in [-0.3, -0.25) is 9.13 Å². The fourth-order valence-electron chi connectivity index (χ4n) is 3.11. The van der Waals surface area contributed by atoms with Crippen molar-refractivity contribution in [1.82, 2.24) is 9.13 Å². The van der Waals surface area contributed by atoms with Crippen molar-refractivity contribution < 1.29 is 4.39 Å². The Morgan fingerprint density at radius 1 is 1.04 bits per heavy atom. The predicted octanol–water partition coefficient (Wildman–Crippen LogP) is 4.50. The van der Waals surface area contributed by atoms with E-state index in [0.717, 1.165) is 27.7 Å². The standard InChI is InChI=1S/C20H23FN2O/c1-13-6-8-15(21)11-16(13)14-7-9-17-18(10-14)22(5)19(24)23(17)12-20(2,3)4/h6-11H,12H2,1-5H3. The van der Waals surface area contributed by atoms with Crippen molar-refractivity contribution in [3.05, 3.63) is 58.3 Å². The zero-order chi connectivity index (χ0) is 17.6. The molecule has 3 aromatic rings. The summed E-state index contributed by atoms with van der Waals surface area (Å²) in [6.07, 6.45) is 0. The smallest absolute Gasteiger partial charge is 0.295 e. The zero-order valence-corrected chi connectivity index (χ0v) is 14.9. The van der Waals surface area contributed by atoms with Crippen LogP contribution in [0.2, 0.25) is 0 Å². The fourth-order valence-corrected chi connectivity index (χ4v) is 3.11. The molecule has 4 heteroatoms. The average Bonchev–Trinajstić information content (AvgIpc) is 2.73. The molecule has 0 aliphatic carbocycles. The maximum absolute atomic E-state index is 13.6. The van der Waals surface area contributed by atoms with Crippen LogP contribution in [-0.2, 0) is 13.6 Å². The molecule has 0 aliphatic heterocycles. The van der Waals surface area contributed by atoms with Gasteiger partial charge in [-0.1, -0.05) is 32.9 Å². The number of hydrogen-bond donors (Lipinski definition) is 0. The molecule has 3 nitrogen and oxygen atoms in total.